The fourth-order valence-electron chi connectivity index (χ4n) is 3.10. The third kappa shape index (κ3) is 2.36. The van der Waals surface area contributed by atoms with E-state index >= 15 is 0 Å². The first-order valence-electron chi connectivity index (χ1n) is 7.13. The SMILES string of the molecule is CN1[C@@H]2CC(C#N)[C@H]1C=C/C2=[N+](/O)C(=O)Nc1ccccc1. The van der Waals surface area contributed by atoms with Crippen molar-refractivity contribution in [3.63, 3.8) is 0 Å². The lowest BCUT2D eigenvalue weighted by molar-refractivity contribution is -0.697. The van der Waals surface area contributed by atoms with Gasteiger partial charge in [0.2, 0.25) is 0 Å². The van der Waals surface area contributed by atoms with Crippen LogP contribution in [0, 0.1) is 17.2 Å². The molecule has 0 radical (unpaired) electrons. The van der Waals surface area contributed by atoms with Gasteiger partial charge in [-0.2, -0.15) is 10.1 Å². The number of urea groups is 1. The van der Waals surface area contributed by atoms with E-state index < -0.39 is 6.03 Å². The smallest absolute Gasteiger partial charge is 0.347 e. The van der Waals surface area contributed by atoms with E-state index in [1.165, 1.54) is 0 Å². The first-order valence-corrected chi connectivity index (χ1v) is 7.13. The van der Waals surface area contributed by atoms with Crippen LogP contribution in [0.4, 0.5) is 10.5 Å². The molecule has 1 fully saturated rings. The molecule has 1 saturated heterocycles. The molecule has 6 heteroatoms. The van der Waals surface area contributed by atoms with Gasteiger partial charge in [0.15, 0.2) is 5.71 Å². The lowest BCUT2D eigenvalue weighted by atomic mass is 10.0. The van der Waals surface area contributed by atoms with Crippen LogP contribution in [0.25, 0.3) is 0 Å². The Balaban J connectivity index is 1.84. The van der Waals surface area contributed by atoms with E-state index in [4.69, 9.17) is 0 Å². The molecule has 2 N–H and O–H groups in total. The molecule has 1 aromatic rings. The van der Waals surface area contributed by atoms with Crippen LogP contribution in [-0.4, -0.2) is 45.7 Å². The molecule has 0 saturated carbocycles. The average molecular weight is 297 g/mol. The van der Waals surface area contributed by atoms with Crippen molar-refractivity contribution in [1.29, 1.82) is 5.26 Å². The number of hydrogen-bond acceptors (Lipinski definition) is 4. The number of carbonyl (C=O) groups excluding carboxylic acids is 1. The van der Waals surface area contributed by atoms with Crippen molar-refractivity contribution in [3.8, 4) is 6.07 Å². The highest BCUT2D eigenvalue weighted by Gasteiger charge is 2.45. The fourth-order valence-corrected chi connectivity index (χ4v) is 3.10. The molecular weight excluding hydrogens is 280 g/mol. The highest BCUT2D eigenvalue weighted by molar-refractivity contribution is 6.00. The third-order valence-corrected chi connectivity index (χ3v) is 4.28. The number of fused-ring (bicyclic) bond motifs is 2. The first-order chi connectivity index (χ1) is 10.6. The lowest BCUT2D eigenvalue weighted by Gasteiger charge is -2.26. The average Bonchev–Trinajstić information content (AvgIpc) is 2.73. The molecule has 2 aliphatic heterocycles. The predicted molar refractivity (Wildman–Crippen MR) is 80.7 cm³/mol. The number of rotatable bonds is 1. The maximum Gasteiger partial charge on any atom is 0.535 e. The Morgan fingerprint density at radius 2 is 2.18 bits per heavy atom. The van der Waals surface area contributed by atoms with Crippen LogP contribution in [-0.2, 0) is 0 Å². The minimum atomic E-state index is -0.613. The number of nitrogens with zero attached hydrogens (tertiary/aromatic N) is 3. The summed E-state index contributed by atoms with van der Waals surface area (Å²) in [5.41, 5.74) is 1.10. The minimum absolute atomic E-state index is 0.0457. The highest BCUT2D eigenvalue weighted by Crippen LogP contribution is 2.33. The molecule has 2 heterocycles. The highest BCUT2D eigenvalue weighted by atomic mass is 16.5. The molecule has 6 nitrogen and oxygen atoms in total. The summed E-state index contributed by atoms with van der Waals surface area (Å²) in [6.45, 7) is 0. The molecular formula is C16H17N4O2+. The Kier molecular flexibility index (Phi) is 3.65. The van der Waals surface area contributed by atoms with Crippen LogP contribution in [0.3, 0.4) is 0 Å². The van der Waals surface area contributed by atoms with E-state index in [-0.39, 0.29) is 18.0 Å². The van der Waals surface area contributed by atoms with E-state index in [1.807, 2.05) is 24.1 Å². The van der Waals surface area contributed by atoms with Crippen molar-refractivity contribution >= 4 is 17.4 Å². The van der Waals surface area contributed by atoms with Gasteiger partial charge in [0.1, 0.15) is 5.69 Å². The largest absolute Gasteiger partial charge is 0.535 e. The Morgan fingerprint density at radius 3 is 2.86 bits per heavy atom. The quantitative estimate of drug-likeness (QED) is 0.359. The normalized spacial score (nSPS) is 29.0. The molecule has 2 bridgehead atoms. The standard InChI is InChI=1S/C16H16N4O2/c1-19-13-7-8-14(15(19)9-11(13)10-17)20(22)16(21)18-12-5-3-2-4-6-12/h2-8,11,13,15H,9H2,1H3,(H-,18,21,22)/p+1/b20-14-/t11?,13-,15-/m1/s1. The Morgan fingerprint density at radius 1 is 1.45 bits per heavy atom. The summed E-state index contributed by atoms with van der Waals surface area (Å²) in [7, 11) is 1.90. The second-order valence-corrected chi connectivity index (χ2v) is 5.54. The summed E-state index contributed by atoms with van der Waals surface area (Å²) in [6, 6.07) is 10.5. The fraction of sp³-hybridized carbons (Fsp3) is 0.312. The minimum Gasteiger partial charge on any atom is -0.347 e. The monoisotopic (exact) mass is 297 g/mol. The molecule has 2 amide bonds. The maximum atomic E-state index is 12.2. The van der Waals surface area contributed by atoms with Crippen LogP contribution in [0.5, 0.6) is 0 Å². The van der Waals surface area contributed by atoms with Crippen molar-refractivity contribution in [2.24, 2.45) is 5.92 Å². The zero-order valence-corrected chi connectivity index (χ0v) is 12.2. The van der Waals surface area contributed by atoms with Crippen molar-refractivity contribution in [3.05, 3.63) is 42.5 Å². The molecule has 1 unspecified atom stereocenters. The summed E-state index contributed by atoms with van der Waals surface area (Å²) < 4.78 is 0.640. The van der Waals surface area contributed by atoms with Gasteiger partial charge in [-0.25, -0.2) is 5.32 Å². The van der Waals surface area contributed by atoms with Gasteiger partial charge < -0.3 is 5.21 Å². The second-order valence-electron chi connectivity index (χ2n) is 5.54. The summed E-state index contributed by atoms with van der Waals surface area (Å²) in [5, 5.41) is 22.0. The molecule has 2 aliphatic rings. The van der Waals surface area contributed by atoms with Gasteiger partial charge in [0.05, 0.1) is 18.0 Å². The lowest BCUT2D eigenvalue weighted by Crippen LogP contribution is -2.45. The van der Waals surface area contributed by atoms with Crippen molar-refractivity contribution in [2.75, 3.05) is 12.4 Å². The third-order valence-electron chi connectivity index (χ3n) is 4.28. The molecule has 3 rings (SSSR count). The van der Waals surface area contributed by atoms with Gasteiger partial charge in [-0.05, 0) is 36.4 Å². The number of benzene rings is 1. The van der Waals surface area contributed by atoms with E-state index in [2.05, 4.69) is 11.4 Å². The maximum absolute atomic E-state index is 12.2. The Hall–Kier alpha value is -2.65. The van der Waals surface area contributed by atoms with Gasteiger partial charge in [0.25, 0.3) is 0 Å². The molecule has 1 aromatic carbocycles. The molecule has 22 heavy (non-hydrogen) atoms. The molecule has 3 atom stereocenters. The van der Waals surface area contributed by atoms with Crippen LogP contribution in [0.2, 0.25) is 0 Å². The predicted octanol–water partition coefficient (Wildman–Crippen LogP) is 1.84. The van der Waals surface area contributed by atoms with Gasteiger partial charge >= 0.3 is 6.03 Å². The van der Waals surface area contributed by atoms with Gasteiger partial charge in [-0.1, -0.05) is 24.3 Å². The molecule has 0 spiro atoms. The van der Waals surface area contributed by atoms with Crippen molar-refractivity contribution in [2.45, 2.75) is 18.5 Å². The Bertz CT molecular complexity index is 690. The van der Waals surface area contributed by atoms with Crippen LogP contribution in [0.1, 0.15) is 6.42 Å². The number of amides is 2. The van der Waals surface area contributed by atoms with E-state index in [0.29, 0.717) is 22.6 Å². The first kappa shape index (κ1) is 14.3. The van der Waals surface area contributed by atoms with Gasteiger partial charge in [-0.3, -0.25) is 4.90 Å². The number of likely N-dealkylation sites (N-methyl/N-ethyl adjacent to an activating group) is 1. The number of hydroxylamine groups is 1. The topological polar surface area (TPSA) is 79.4 Å². The zero-order chi connectivity index (χ0) is 15.7. The summed E-state index contributed by atoms with van der Waals surface area (Å²) >= 11 is 0. The molecule has 112 valence electrons. The van der Waals surface area contributed by atoms with Crippen LogP contribution in [0.15, 0.2) is 42.5 Å². The zero-order valence-electron chi connectivity index (χ0n) is 12.2. The summed E-state index contributed by atoms with van der Waals surface area (Å²) in [5.74, 6) is -0.116. The van der Waals surface area contributed by atoms with Gasteiger partial charge in [0, 0.05) is 6.04 Å². The van der Waals surface area contributed by atoms with E-state index in [9.17, 15) is 15.3 Å². The number of anilines is 1. The summed E-state index contributed by atoms with van der Waals surface area (Å²) in [4.78, 5) is 14.2. The van der Waals surface area contributed by atoms with Crippen molar-refractivity contribution in [1.82, 2.24) is 4.90 Å². The number of para-hydroxylation sites is 1. The number of carbonyl (C=O) groups is 1. The summed E-state index contributed by atoms with van der Waals surface area (Å²) in [6.07, 6.45) is 4.21. The van der Waals surface area contributed by atoms with E-state index in [0.717, 1.165) is 0 Å². The number of nitrogens with one attached hydrogen (secondary N) is 1. The van der Waals surface area contributed by atoms with E-state index in [1.54, 1.807) is 30.3 Å². The van der Waals surface area contributed by atoms with Crippen LogP contribution >= 0.6 is 0 Å². The van der Waals surface area contributed by atoms with Crippen molar-refractivity contribution < 1.29 is 14.7 Å². The van der Waals surface area contributed by atoms with Gasteiger partial charge in [-0.15, -0.1) is 0 Å². The molecule has 0 aromatic heterocycles. The number of hydrogen-bond donors (Lipinski definition) is 2. The molecule has 0 aliphatic carbocycles. The Labute approximate surface area is 128 Å². The number of nitriles is 1. The second kappa shape index (κ2) is 5.62. The van der Waals surface area contributed by atoms with Crippen LogP contribution < -0.4 is 5.32 Å².